The molecular formula is C31H36F2N2O3. The second-order valence-corrected chi connectivity index (χ2v) is 10.2. The third-order valence-electron chi connectivity index (χ3n) is 7.60. The number of halogens is 2. The molecule has 38 heavy (non-hydrogen) atoms. The lowest BCUT2D eigenvalue weighted by atomic mass is 9.92. The quantitative estimate of drug-likeness (QED) is 0.440. The maximum atomic E-state index is 13.2. The Morgan fingerprint density at radius 1 is 0.974 bits per heavy atom. The number of phenolic OH excluding ortho intramolecular Hbond substituents is 1. The van der Waals surface area contributed by atoms with Gasteiger partial charge in [0.1, 0.15) is 29.4 Å². The van der Waals surface area contributed by atoms with Crippen LogP contribution in [-0.2, 0) is 11.2 Å². The zero-order valence-corrected chi connectivity index (χ0v) is 22.4. The van der Waals surface area contributed by atoms with Crippen molar-refractivity contribution in [2.45, 2.75) is 58.7 Å². The van der Waals surface area contributed by atoms with Crippen LogP contribution in [0.4, 0.5) is 8.78 Å². The summed E-state index contributed by atoms with van der Waals surface area (Å²) in [6, 6.07) is 12.3. The van der Waals surface area contributed by atoms with E-state index < -0.39 is 0 Å². The minimum Gasteiger partial charge on any atom is -0.507 e. The highest BCUT2D eigenvalue weighted by Crippen LogP contribution is 2.40. The molecule has 0 aliphatic carbocycles. The molecule has 2 atom stereocenters. The third-order valence-corrected chi connectivity index (χ3v) is 7.60. The molecule has 2 unspecified atom stereocenters. The number of nitrogens with zero attached hydrogens (tertiary/aromatic N) is 1. The van der Waals surface area contributed by atoms with E-state index in [0.717, 1.165) is 59.2 Å². The Hall–Kier alpha value is -3.29. The molecule has 0 saturated carbocycles. The molecule has 3 aromatic rings. The van der Waals surface area contributed by atoms with E-state index in [-0.39, 0.29) is 23.7 Å². The van der Waals surface area contributed by atoms with Crippen molar-refractivity contribution in [1.82, 2.24) is 10.2 Å². The maximum Gasteiger partial charge on any atom is 0.138 e. The van der Waals surface area contributed by atoms with E-state index >= 15 is 0 Å². The van der Waals surface area contributed by atoms with Crippen molar-refractivity contribution in [3.05, 3.63) is 93.5 Å². The number of fused-ring (bicyclic) bond motifs is 1. The molecule has 2 N–H and O–H groups in total. The summed E-state index contributed by atoms with van der Waals surface area (Å²) in [5, 5.41) is 13.1. The molecule has 0 radical (unpaired) electrons. The van der Waals surface area contributed by atoms with Crippen LogP contribution in [0.3, 0.4) is 0 Å². The van der Waals surface area contributed by atoms with E-state index in [2.05, 4.69) is 17.1 Å². The van der Waals surface area contributed by atoms with E-state index in [1.807, 2.05) is 20.8 Å². The van der Waals surface area contributed by atoms with E-state index in [1.54, 1.807) is 24.3 Å². The molecule has 0 aromatic heterocycles. The number of rotatable bonds is 4. The van der Waals surface area contributed by atoms with Gasteiger partial charge in [0.25, 0.3) is 0 Å². The van der Waals surface area contributed by atoms with Crippen molar-refractivity contribution in [1.29, 1.82) is 0 Å². The number of carbonyl (C=O) groups excluding carboxylic acids is 1. The van der Waals surface area contributed by atoms with Crippen molar-refractivity contribution >= 4 is 6.29 Å². The lowest BCUT2D eigenvalue weighted by Gasteiger charge is -2.37. The number of hydrogen-bond acceptors (Lipinski definition) is 5. The zero-order chi connectivity index (χ0) is 27.4. The average molecular weight is 523 g/mol. The molecule has 3 aromatic carbocycles. The number of piperazine rings is 1. The summed E-state index contributed by atoms with van der Waals surface area (Å²) in [5.74, 6) is 0.848. The molecule has 0 spiro atoms. The standard InChI is InChI=1S/C18H18F2N2O.C13H18O2/c19-15-5-1-13(2-6-15)18(14-3-7-16(20)8-4-14)22-10-9-21-17(11-22)12-23;1-7-5-6-11-10(4)12(14)8(2)9(3)13(11)15-7/h1-8,12,17-18,21H,9-11H2;7,14H,5-6H2,1-4H3. The van der Waals surface area contributed by atoms with Gasteiger partial charge in [0.05, 0.1) is 18.2 Å². The number of benzene rings is 3. The second-order valence-electron chi connectivity index (χ2n) is 10.2. The van der Waals surface area contributed by atoms with Gasteiger partial charge in [-0.2, -0.15) is 0 Å². The number of aldehydes is 1. The summed E-state index contributed by atoms with van der Waals surface area (Å²) in [4.78, 5) is 13.3. The molecule has 2 heterocycles. The van der Waals surface area contributed by atoms with Crippen molar-refractivity contribution in [2.75, 3.05) is 19.6 Å². The monoisotopic (exact) mass is 522 g/mol. The Labute approximate surface area is 223 Å². The van der Waals surface area contributed by atoms with Gasteiger partial charge in [-0.05, 0) is 92.6 Å². The minimum absolute atomic E-state index is 0.138. The molecule has 7 heteroatoms. The van der Waals surface area contributed by atoms with Crippen molar-refractivity contribution in [3.8, 4) is 11.5 Å². The lowest BCUT2D eigenvalue weighted by molar-refractivity contribution is -0.110. The first-order valence-electron chi connectivity index (χ1n) is 13.1. The number of phenols is 1. The van der Waals surface area contributed by atoms with Crippen LogP contribution in [0.15, 0.2) is 48.5 Å². The molecule has 2 aliphatic heterocycles. The predicted octanol–water partition coefficient (Wildman–Crippen LogP) is 5.56. The predicted molar refractivity (Wildman–Crippen MR) is 145 cm³/mol. The largest absolute Gasteiger partial charge is 0.507 e. The molecule has 1 fully saturated rings. The van der Waals surface area contributed by atoms with Crippen LogP contribution in [0.2, 0.25) is 0 Å². The summed E-state index contributed by atoms with van der Waals surface area (Å²) >= 11 is 0. The van der Waals surface area contributed by atoms with Gasteiger partial charge in [-0.3, -0.25) is 4.90 Å². The molecular weight excluding hydrogens is 486 g/mol. The molecule has 0 bridgehead atoms. The molecule has 0 amide bonds. The van der Waals surface area contributed by atoms with Gasteiger partial charge in [-0.15, -0.1) is 0 Å². The smallest absolute Gasteiger partial charge is 0.138 e. The minimum atomic E-state index is -0.294. The van der Waals surface area contributed by atoms with Crippen molar-refractivity contribution in [2.24, 2.45) is 0 Å². The molecule has 5 rings (SSSR count). The highest BCUT2D eigenvalue weighted by atomic mass is 19.1. The van der Waals surface area contributed by atoms with E-state index in [9.17, 15) is 18.7 Å². The summed E-state index contributed by atoms with van der Waals surface area (Å²) in [6.45, 7) is 10.0. The first-order chi connectivity index (χ1) is 18.2. The van der Waals surface area contributed by atoms with Crippen LogP contribution < -0.4 is 10.1 Å². The molecule has 5 nitrogen and oxygen atoms in total. The number of aromatic hydroxyl groups is 1. The SMILES string of the molecule is Cc1c(C)c2c(c(C)c1O)CCC(C)O2.O=CC1CN(C(c2ccc(F)cc2)c2ccc(F)cc2)CCN1. The van der Waals surface area contributed by atoms with Gasteiger partial charge in [-0.25, -0.2) is 8.78 Å². The summed E-state index contributed by atoms with van der Waals surface area (Å²) in [5.41, 5.74) is 6.04. The van der Waals surface area contributed by atoms with Crippen LogP contribution in [0.1, 0.15) is 52.8 Å². The maximum absolute atomic E-state index is 13.2. The topological polar surface area (TPSA) is 61.8 Å². The number of carbonyl (C=O) groups is 1. The Bertz CT molecular complexity index is 1220. The average Bonchev–Trinajstić information content (AvgIpc) is 2.93. The lowest BCUT2D eigenvalue weighted by Crippen LogP contribution is -2.52. The molecule has 202 valence electrons. The number of nitrogens with one attached hydrogen (secondary N) is 1. The van der Waals surface area contributed by atoms with Crippen LogP contribution in [0.25, 0.3) is 0 Å². The fraction of sp³-hybridized carbons (Fsp3) is 0.387. The summed E-state index contributed by atoms with van der Waals surface area (Å²) in [6.07, 6.45) is 3.24. The second kappa shape index (κ2) is 12.0. The van der Waals surface area contributed by atoms with Gasteiger partial charge in [0.15, 0.2) is 0 Å². The van der Waals surface area contributed by atoms with Crippen LogP contribution in [0, 0.1) is 32.4 Å². The summed E-state index contributed by atoms with van der Waals surface area (Å²) < 4.78 is 32.4. The normalized spacial score (nSPS) is 19.2. The molecule has 2 aliphatic rings. The van der Waals surface area contributed by atoms with E-state index in [1.165, 1.54) is 29.8 Å². The van der Waals surface area contributed by atoms with Crippen LogP contribution in [-0.4, -0.2) is 48.1 Å². The highest BCUT2D eigenvalue weighted by molar-refractivity contribution is 5.58. The third kappa shape index (κ3) is 6.05. The Morgan fingerprint density at radius 2 is 1.55 bits per heavy atom. The van der Waals surface area contributed by atoms with Gasteiger partial charge in [0.2, 0.25) is 0 Å². The van der Waals surface area contributed by atoms with Gasteiger partial charge in [-0.1, -0.05) is 24.3 Å². The Balaban J connectivity index is 0.000000194. The van der Waals surface area contributed by atoms with Gasteiger partial charge >= 0.3 is 0 Å². The van der Waals surface area contributed by atoms with Gasteiger partial charge in [0, 0.05) is 25.2 Å². The molecule has 1 saturated heterocycles. The zero-order valence-electron chi connectivity index (χ0n) is 22.4. The number of ether oxygens (including phenoxy) is 1. The van der Waals surface area contributed by atoms with Crippen LogP contribution in [0.5, 0.6) is 11.5 Å². The fourth-order valence-electron chi connectivity index (χ4n) is 5.27. The van der Waals surface area contributed by atoms with E-state index in [4.69, 9.17) is 4.74 Å². The van der Waals surface area contributed by atoms with E-state index in [0.29, 0.717) is 24.9 Å². The Kier molecular flexibility index (Phi) is 8.80. The van der Waals surface area contributed by atoms with Crippen LogP contribution >= 0.6 is 0 Å². The fourth-order valence-corrected chi connectivity index (χ4v) is 5.27. The summed E-state index contributed by atoms with van der Waals surface area (Å²) in [7, 11) is 0. The highest BCUT2D eigenvalue weighted by Gasteiger charge is 2.28. The number of hydrogen-bond donors (Lipinski definition) is 2. The van der Waals surface area contributed by atoms with Crippen molar-refractivity contribution in [3.63, 3.8) is 0 Å². The van der Waals surface area contributed by atoms with Crippen molar-refractivity contribution < 1.29 is 23.4 Å². The first kappa shape index (κ1) is 27.7. The first-order valence-corrected chi connectivity index (χ1v) is 13.1. The van der Waals surface area contributed by atoms with Gasteiger partial charge < -0.3 is 20.0 Å². The Morgan fingerprint density at radius 3 is 2.11 bits per heavy atom.